The molecule has 0 aromatic heterocycles. The molecule has 21 heavy (non-hydrogen) atoms. The molecule has 2 N–H and O–H groups in total. The minimum absolute atomic E-state index is 0.188. The first kappa shape index (κ1) is 15.4. The standard InChI is InChI=1S/C16H22N2O3/c1-12-6-5-11-18(12)16(21)17-14(15(19)20)10-9-13-7-3-2-4-8-13/h2-4,7-8,12,14H,5-6,9-11H2,1H3,(H,17,21)(H,19,20). The molecule has 1 aromatic rings. The number of rotatable bonds is 5. The van der Waals surface area contributed by atoms with Crippen LogP contribution in [-0.4, -0.2) is 40.6 Å². The number of likely N-dealkylation sites (tertiary alicyclic amines) is 1. The minimum Gasteiger partial charge on any atom is -0.480 e. The SMILES string of the molecule is CC1CCCN1C(=O)NC(CCc1ccccc1)C(=O)O. The first-order chi connectivity index (χ1) is 10.1. The van der Waals surface area contributed by atoms with E-state index in [4.69, 9.17) is 0 Å². The number of hydrogen-bond acceptors (Lipinski definition) is 2. The first-order valence-electron chi connectivity index (χ1n) is 7.42. The molecule has 0 radical (unpaired) electrons. The Labute approximate surface area is 125 Å². The van der Waals surface area contributed by atoms with Gasteiger partial charge in [0.05, 0.1) is 0 Å². The summed E-state index contributed by atoms with van der Waals surface area (Å²) in [6.07, 6.45) is 2.99. The molecule has 1 fully saturated rings. The van der Waals surface area contributed by atoms with Crippen LogP contribution in [0.3, 0.4) is 0 Å². The van der Waals surface area contributed by atoms with E-state index in [9.17, 15) is 14.7 Å². The highest BCUT2D eigenvalue weighted by Crippen LogP contribution is 2.16. The van der Waals surface area contributed by atoms with E-state index in [0.717, 1.165) is 18.4 Å². The quantitative estimate of drug-likeness (QED) is 0.874. The maximum atomic E-state index is 12.1. The van der Waals surface area contributed by atoms with Gasteiger partial charge < -0.3 is 15.3 Å². The van der Waals surface area contributed by atoms with Gasteiger partial charge in [-0.1, -0.05) is 30.3 Å². The summed E-state index contributed by atoms with van der Waals surface area (Å²) in [4.78, 5) is 25.2. The molecule has 2 rings (SSSR count). The van der Waals surface area contributed by atoms with Crippen LogP contribution < -0.4 is 5.32 Å². The topological polar surface area (TPSA) is 69.6 Å². The molecule has 114 valence electrons. The van der Waals surface area contributed by atoms with Gasteiger partial charge in [-0.05, 0) is 38.2 Å². The van der Waals surface area contributed by atoms with Crippen LogP contribution in [0.5, 0.6) is 0 Å². The molecular formula is C16H22N2O3. The fourth-order valence-electron chi connectivity index (χ4n) is 2.68. The predicted octanol–water partition coefficient (Wildman–Crippen LogP) is 2.27. The molecule has 1 heterocycles. The predicted molar refractivity (Wildman–Crippen MR) is 80.1 cm³/mol. The number of aryl methyl sites for hydroxylation is 1. The van der Waals surface area contributed by atoms with Crippen LogP contribution in [0.25, 0.3) is 0 Å². The van der Waals surface area contributed by atoms with E-state index in [1.807, 2.05) is 37.3 Å². The molecule has 0 spiro atoms. The number of benzene rings is 1. The van der Waals surface area contributed by atoms with E-state index in [0.29, 0.717) is 19.4 Å². The summed E-state index contributed by atoms with van der Waals surface area (Å²) in [7, 11) is 0. The molecule has 0 bridgehead atoms. The fraction of sp³-hybridized carbons (Fsp3) is 0.500. The van der Waals surface area contributed by atoms with Gasteiger partial charge in [0.25, 0.3) is 0 Å². The summed E-state index contributed by atoms with van der Waals surface area (Å²) in [5.74, 6) is -0.980. The second-order valence-electron chi connectivity index (χ2n) is 5.55. The normalized spacial score (nSPS) is 19.3. The lowest BCUT2D eigenvalue weighted by Crippen LogP contribution is -2.49. The average molecular weight is 290 g/mol. The molecule has 5 nitrogen and oxygen atoms in total. The van der Waals surface area contributed by atoms with Crippen molar-refractivity contribution in [1.82, 2.24) is 10.2 Å². The van der Waals surface area contributed by atoms with Crippen molar-refractivity contribution in [1.29, 1.82) is 0 Å². The van der Waals surface area contributed by atoms with Gasteiger partial charge in [-0.3, -0.25) is 0 Å². The Morgan fingerprint density at radius 2 is 2.10 bits per heavy atom. The van der Waals surface area contributed by atoms with Gasteiger partial charge >= 0.3 is 12.0 Å². The van der Waals surface area contributed by atoms with Crippen molar-refractivity contribution in [3.8, 4) is 0 Å². The van der Waals surface area contributed by atoms with E-state index < -0.39 is 12.0 Å². The molecular weight excluding hydrogens is 268 g/mol. The van der Waals surface area contributed by atoms with Gasteiger partial charge in [-0.25, -0.2) is 9.59 Å². The number of aliphatic carboxylic acids is 1. The third-order valence-corrected chi connectivity index (χ3v) is 3.97. The van der Waals surface area contributed by atoms with E-state index in [1.54, 1.807) is 4.90 Å². The maximum absolute atomic E-state index is 12.1. The third kappa shape index (κ3) is 4.21. The molecule has 1 saturated heterocycles. The summed E-state index contributed by atoms with van der Waals surface area (Å²) in [6, 6.07) is 8.78. The minimum atomic E-state index is -0.980. The van der Waals surface area contributed by atoms with Crippen LogP contribution in [0.15, 0.2) is 30.3 Å². The van der Waals surface area contributed by atoms with E-state index >= 15 is 0 Å². The number of nitrogens with zero attached hydrogens (tertiary/aromatic N) is 1. The van der Waals surface area contributed by atoms with Crippen LogP contribution in [0.1, 0.15) is 31.7 Å². The number of hydrogen-bond donors (Lipinski definition) is 2. The van der Waals surface area contributed by atoms with Crippen molar-refractivity contribution in [2.75, 3.05) is 6.54 Å². The van der Waals surface area contributed by atoms with Gasteiger partial charge in [0.2, 0.25) is 0 Å². The summed E-state index contributed by atoms with van der Waals surface area (Å²) < 4.78 is 0. The Kier molecular flexibility index (Phi) is 5.20. The van der Waals surface area contributed by atoms with Crippen molar-refractivity contribution in [2.45, 2.75) is 44.7 Å². The van der Waals surface area contributed by atoms with Crippen molar-refractivity contribution in [2.24, 2.45) is 0 Å². The molecule has 1 aliphatic heterocycles. The lowest BCUT2D eigenvalue weighted by Gasteiger charge is -2.24. The number of urea groups is 1. The molecule has 1 aromatic carbocycles. The zero-order valence-corrected chi connectivity index (χ0v) is 12.3. The summed E-state index contributed by atoms with van der Waals surface area (Å²) in [5.41, 5.74) is 1.08. The molecule has 2 amide bonds. The summed E-state index contributed by atoms with van der Waals surface area (Å²) in [6.45, 7) is 2.70. The van der Waals surface area contributed by atoms with Crippen LogP contribution in [0, 0.1) is 0 Å². The molecule has 2 atom stereocenters. The molecule has 0 saturated carbocycles. The molecule has 0 aliphatic carbocycles. The third-order valence-electron chi connectivity index (χ3n) is 3.97. The van der Waals surface area contributed by atoms with Crippen molar-refractivity contribution in [3.63, 3.8) is 0 Å². The Balaban J connectivity index is 1.90. The summed E-state index contributed by atoms with van der Waals surface area (Å²) in [5, 5.41) is 11.9. The number of carbonyl (C=O) groups excluding carboxylic acids is 1. The monoisotopic (exact) mass is 290 g/mol. The highest BCUT2D eigenvalue weighted by atomic mass is 16.4. The number of carbonyl (C=O) groups is 2. The van der Waals surface area contributed by atoms with Gasteiger partial charge in [0.15, 0.2) is 0 Å². The van der Waals surface area contributed by atoms with Crippen LogP contribution >= 0.6 is 0 Å². The van der Waals surface area contributed by atoms with Gasteiger partial charge in [0, 0.05) is 12.6 Å². The average Bonchev–Trinajstić information content (AvgIpc) is 2.90. The van der Waals surface area contributed by atoms with Crippen LogP contribution in [-0.2, 0) is 11.2 Å². The lowest BCUT2D eigenvalue weighted by atomic mass is 10.1. The maximum Gasteiger partial charge on any atom is 0.326 e. The molecule has 1 aliphatic rings. The number of carboxylic acids is 1. The van der Waals surface area contributed by atoms with Crippen molar-refractivity contribution >= 4 is 12.0 Å². The zero-order chi connectivity index (χ0) is 15.2. The van der Waals surface area contributed by atoms with Gasteiger partial charge in [0.1, 0.15) is 6.04 Å². The highest BCUT2D eigenvalue weighted by Gasteiger charge is 2.28. The Morgan fingerprint density at radius 3 is 2.67 bits per heavy atom. The fourth-order valence-corrected chi connectivity index (χ4v) is 2.68. The second kappa shape index (κ2) is 7.11. The van der Waals surface area contributed by atoms with Gasteiger partial charge in [-0.15, -0.1) is 0 Å². The van der Waals surface area contributed by atoms with Crippen LogP contribution in [0.2, 0.25) is 0 Å². The van der Waals surface area contributed by atoms with E-state index in [2.05, 4.69) is 5.32 Å². The highest BCUT2D eigenvalue weighted by molar-refractivity contribution is 5.82. The zero-order valence-electron chi connectivity index (χ0n) is 12.3. The Hall–Kier alpha value is -2.04. The summed E-state index contributed by atoms with van der Waals surface area (Å²) >= 11 is 0. The first-order valence-corrected chi connectivity index (χ1v) is 7.42. The Bertz CT molecular complexity index is 490. The van der Waals surface area contributed by atoms with Gasteiger partial charge in [-0.2, -0.15) is 0 Å². The van der Waals surface area contributed by atoms with Crippen molar-refractivity contribution < 1.29 is 14.7 Å². The smallest absolute Gasteiger partial charge is 0.326 e. The number of carboxylic acid groups (broad SMARTS) is 1. The lowest BCUT2D eigenvalue weighted by molar-refractivity contribution is -0.139. The Morgan fingerprint density at radius 1 is 1.38 bits per heavy atom. The van der Waals surface area contributed by atoms with Crippen molar-refractivity contribution in [3.05, 3.63) is 35.9 Å². The van der Waals surface area contributed by atoms with Crippen LogP contribution in [0.4, 0.5) is 4.79 Å². The van der Waals surface area contributed by atoms with E-state index in [1.165, 1.54) is 0 Å². The number of nitrogens with one attached hydrogen (secondary N) is 1. The second-order valence-corrected chi connectivity index (χ2v) is 5.55. The molecule has 5 heteroatoms. The molecule has 2 unspecified atom stereocenters. The van der Waals surface area contributed by atoms with E-state index in [-0.39, 0.29) is 12.1 Å². The number of amides is 2. The largest absolute Gasteiger partial charge is 0.480 e.